The molecule has 2 aromatic carbocycles. The predicted molar refractivity (Wildman–Crippen MR) is 110 cm³/mol. The summed E-state index contributed by atoms with van der Waals surface area (Å²) >= 11 is 0. The molecule has 0 bridgehead atoms. The van der Waals surface area contributed by atoms with Crippen LogP contribution in [0, 0.1) is 0 Å². The summed E-state index contributed by atoms with van der Waals surface area (Å²) in [6.45, 7) is 1.87. The number of benzene rings is 2. The van der Waals surface area contributed by atoms with Crippen LogP contribution in [-0.4, -0.2) is 48.4 Å². The molecule has 0 fully saturated rings. The molecule has 4 aromatic rings. The summed E-state index contributed by atoms with van der Waals surface area (Å²) in [6, 6.07) is 18.1. The van der Waals surface area contributed by atoms with Crippen LogP contribution in [0.5, 0.6) is 0 Å². The first kappa shape index (κ1) is 17.6. The van der Waals surface area contributed by atoms with Gasteiger partial charge >= 0.3 is 0 Å². The number of aromatic nitrogens is 5. The molecular weight excluding hydrogens is 364 g/mol. The SMILES string of the molecule is Cn1nc(C(=O)N2CCc3nc(Cc4ccccc4)nn3CC2)c2ccccc21. The van der Waals surface area contributed by atoms with E-state index in [0.717, 1.165) is 29.0 Å². The molecule has 0 unspecified atom stereocenters. The summed E-state index contributed by atoms with van der Waals surface area (Å²) < 4.78 is 3.71. The van der Waals surface area contributed by atoms with E-state index in [-0.39, 0.29) is 5.91 Å². The van der Waals surface area contributed by atoms with Crippen molar-refractivity contribution in [1.29, 1.82) is 0 Å². The lowest BCUT2D eigenvalue weighted by Gasteiger charge is -2.18. The van der Waals surface area contributed by atoms with E-state index in [9.17, 15) is 4.79 Å². The molecule has 0 saturated carbocycles. The number of amides is 1. The number of hydrogen-bond donors (Lipinski definition) is 0. The molecule has 1 aliphatic rings. The monoisotopic (exact) mass is 386 g/mol. The molecular formula is C22H22N6O. The van der Waals surface area contributed by atoms with E-state index in [4.69, 9.17) is 4.98 Å². The summed E-state index contributed by atoms with van der Waals surface area (Å²) in [5.74, 6) is 1.75. The van der Waals surface area contributed by atoms with Gasteiger partial charge < -0.3 is 4.90 Å². The highest BCUT2D eigenvalue weighted by Gasteiger charge is 2.25. The van der Waals surface area contributed by atoms with Crippen molar-refractivity contribution in [3.8, 4) is 0 Å². The van der Waals surface area contributed by atoms with Crippen molar-refractivity contribution in [3.63, 3.8) is 0 Å². The average Bonchev–Trinajstić information content (AvgIpc) is 3.22. The molecule has 7 heteroatoms. The molecule has 7 nitrogen and oxygen atoms in total. The number of rotatable bonds is 3. The second-order valence-electron chi connectivity index (χ2n) is 7.36. The summed E-state index contributed by atoms with van der Waals surface area (Å²) in [5, 5.41) is 10.0. The number of nitrogens with zero attached hydrogens (tertiary/aromatic N) is 6. The lowest BCUT2D eigenvalue weighted by molar-refractivity contribution is 0.0753. The number of fused-ring (bicyclic) bond motifs is 2. The zero-order valence-electron chi connectivity index (χ0n) is 16.3. The van der Waals surface area contributed by atoms with E-state index in [1.165, 1.54) is 5.56 Å². The van der Waals surface area contributed by atoms with Gasteiger partial charge in [-0.1, -0.05) is 48.5 Å². The summed E-state index contributed by atoms with van der Waals surface area (Å²) in [4.78, 5) is 19.7. The van der Waals surface area contributed by atoms with Crippen molar-refractivity contribution >= 4 is 16.8 Å². The third-order valence-electron chi connectivity index (χ3n) is 5.43. The van der Waals surface area contributed by atoms with Crippen LogP contribution >= 0.6 is 0 Å². The number of para-hydroxylation sites is 1. The molecule has 0 radical (unpaired) electrons. The third-order valence-corrected chi connectivity index (χ3v) is 5.43. The molecule has 2 aromatic heterocycles. The van der Waals surface area contributed by atoms with Crippen molar-refractivity contribution in [2.45, 2.75) is 19.4 Å². The molecule has 1 aliphatic heterocycles. The van der Waals surface area contributed by atoms with Crippen molar-refractivity contribution in [2.75, 3.05) is 13.1 Å². The maximum Gasteiger partial charge on any atom is 0.275 e. The quantitative estimate of drug-likeness (QED) is 0.542. The fourth-order valence-electron chi connectivity index (χ4n) is 3.93. The van der Waals surface area contributed by atoms with Crippen molar-refractivity contribution in [3.05, 3.63) is 77.5 Å². The first-order chi connectivity index (χ1) is 14.2. The molecule has 3 heterocycles. The summed E-state index contributed by atoms with van der Waals surface area (Å²) in [5.41, 5.74) is 2.68. The third kappa shape index (κ3) is 3.29. The normalized spacial score (nSPS) is 14.0. The predicted octanol–water partition coefficient (Wildman–Crippen LogP) is 2.45. The van der Waals surface area contributed by atoms with Crippen molar-refractivity contribution in [2.24, 2.45) is 7.05 Å². The van der Waals surface area contributed by atoms with Crippen LogP contribution in [0.1, 0.15) is 27.7 Å². The number of carbonyl (C=O) groups is 1. The highest BCUT2D eigenvalue weighted by molar-refractivity contribution is 6.04. The van der Waals surface area contributed by atoms with Crippen LogP contribution in [0.15, 0.2) is 54.6 Å². The maximum absolute atomic E-state index is 13.2. The fraction of sp³-hybridized carbons (Fsp3) is 0.273. The lowest BCUT2D eigenvalue weighted by Crippen LogP contribution is -2.34. The highest BCUT2D eigenvalue weighted by Crippen LogP contribution is 2.20. The summed E-state index contributed by atoms with van der Waals surface area (Å²) in [6.07, 6.45) is 1.42. The molecule has 0 spiro atoms. The van der Waals surface area contributed by atoms with Crippen LogP contribution in [0.2, 0.25) is 0 Å². The van der Waals surface area contributed by atoms with E-state index < -0.39 is 0 Å². The van der Waals surface area contributed by atoms with Crippen LogP contribution in [0.4, 0.5) is 0 Å². The molecule has 0 N–H and O–H groups in total. The molecule has 1 amide bonds. The Hall–Kier alpha value is -3.48. The highest BCUT2D eigenvalue weighted by atomic mass is 16.2. The van der Waals surface area contributed by atoms with Crippen molar-refractivity contribution in [1.82, 2.24) is 29.4 Å². The van der Waals surface area contributed by atoms with Crippen LogP contribution in [0.3, 0.4) is 0 Å². The Morgan fingerprint density at radius 2 is 1.76 bits per heavy atom. The minimum atomic E-state index is -0.0305. The summed E-state index contributed by atoms with van der Waals surface area (Å²) in [7, 11) is 1.87. The minimum absolute atomic E-state index is 0.0305. The molecule has 146 valence electrons. The average molecular weight is 386 g/mol. The van der Waals surface area contributed by atoms with Gasteiger partial charge in [-0.3, -0.25) is 9.48 Å². The lowest BCUT2D eigenvalue weighted by atomic mass is 10.1. The fourth-order valence-corrected chi connectivity index (χ4v) is 3.93. The van der Waals surface area contributed by atoms with Gasteiger partial charge in [0.15, 0.2) is 11.5 Å². The van der Waals surface area contributed by atoms with Gasteiger partial charge in [-0.05, 0) is 11.6 Å². The van der Waals surface area contributed by atoms with E-state index in [2.05, 4.69) is 22.3 Å². The van der Waals surface area contributed by atoms with Gasteiger partial charge in [0, 0.05) is 38.4 Å². The first-order valence-electron chi connectivity index (χ1n) is 9.86. The van der Waals surface area contributed by atoms with Gasteiger partial charge in [0.1, 0.15) is 5.82 Å². The Balaban J connectivity index is 1.33. The Labute approximate surface area is 168 Å². The van der Waals surface area contributed by atoms with Gasteiger partial charge in [0.2, 0.25) is 0 Å². The smallest absolute Gasteiger partial charge is 0.275 e. The van der Waals surface area contributed by atoms with E-state index in [1.807, 2.05) is 59.1 Å². The Morgan fingerprint density at radius 1 is 0.966 bits per heavy atom. The second kappa shape index (κ2) is 7.16. The first-order valence-corrected chi connectivity index (χ1v) is 9.86. The van der Waals surface area contributed by atoms with Gasteiger partial charge in [-0.15, -0.1) is 0 Å². The Bertz CT molecular complexity index is 1150. The molecule has 0 atom stereocenters. The van der Waals surface area contributed by atoms with Gasteiger partial charge in [0.25, 0.3) is 5.91 Å². The zero-order chi connectivity index (χ0) is 19.8. The van der Waals surface area contributed by atoms with Gasteiger partial charge in [-0.2, -0.15) is 10.2 Å². The topological polar surface area (TPSA) is 68.8 Å². The van der Waals surface area contributed by atoms with Crippen molar-refractivity contribution < 1.29 is 4.79 Å². The standard InChI is InChI=1S/C22H22N6O/c1-26-18-10-6-5-9-17(18)21(25-26)22(29)27-12-11-20-23-19(24-28(20)14-13-27)15-16-7-3-2-4-8-16/h2-10H,11-15H2,1H3. The van der Waals surface area contributed by atoms with Gasteiger partial charge in [-0.25, -0.2) is 9.67 Å². The number of aryl methyl sites for hydroxylation is 1. The van der Waals surface area contributed by atoms with E-state index in [0.29, 0.717) is 31.7 Å². The van der Waals surface area contributed by atoms with Crippen LogP contribution in [0.25, 0.3) is 10.9 Å². The molecule has 0 aliphatic carbocycles. The maximum atomic E-state index is 13.2. The van der Waals surface area contributed by atoms with Gasteiger partial charge in [0.05, 0.1) is 12.1 Å². The minimum Gasteiger partial charge on any atom is -0.335 e. The largest absolute Gasteiger partial charge is 0.335 e. The van der Waals surface area contributed by atoms with E-state index >= 15 is 0 Å². The number of hydrogen-bond acceptors (Lipinski definition) is 4. The van der Waals surface area contributed by atoms with Crippen LogP contribution in [-0.2, 0) is 26.4 Å². The molecule has 29 heavy (non-hydrogen) atoms. The number of carbonyl (C=O) groups excluding carboxylic acids is 1. The van der Waals surface area contributed by atoms with E-state index in [1.54, 1.807) is 4.68 Å². The Morgan fingerprint density at radius 3 is 2.62 bits per heavy atom. The van der Waals surface area contributed by atoms with Crippen LogP contribution < -0.4 is 0 Å². The molecule has 5 rings (SSSR count). The zero-order valence-corrected chi connectivity index (χ0v) is 16.3. The second-order valence-corrected chi connectivity index (χ2v) is 7.36. The molecule has 0 saturated heterocycles. The Kier molecular flexibility index (Phi) is 4.35.